The third-order valence-corrected chi connectivity index (χ3v) is 3.61. The molecule has 0 atom stereocenters. The number of alkyl halides is 2. The second kappa shape index (κ2) is 5.84. The first-order valence-electron chi connectivity index (χ1n) is 6.41. The minimum absolute atomic E-state index is 0.00750. The molecule has 3 nitrogen and oxygen atoms in total. The largest absolute Gasteiger partial charge is 0.434 e. The quantitative estimate of drug-likeness (QED) is 0.800. The average molecular weight is 271 g/mol. The zero-order chi connectivity index (χ0) is 13.9. The zero-order valence-electron chi connectivity index (χ0n) is 11.0. The Morgan fingerprint density at radius 1 is 1.42 bits per heavy atom. The standard InChI is InChI=1S/C14H19F2NO2/c1-10-3-2-4-11(12(10)19-13(15)16)7-17-8-14(9-18)5-6-14/h2-4,13,17-18H,5-9H2,1H3. The van der Waals surface area contributed by atoms with E-state index in [1.807, 2.05) is 6.07 Å². The van der Waals surface area contributed by atoms with Crippen LogP contribution in [0.4, 0.5) is 8.78 Å². The number of ether oxygens (including phenoxy) is 1. The molecule has 0 heterocycles. The van der Waals surface area contributed by atoms with Gasteiger partial charge in [0, 0.05) is 30.7 Å². The molecule has 1 saturated carbocycles. The van der Waals surface area contributed by atoms with Crippen LogP contribution >= 0.6 is 0 Å². The molecule has 1 aromatic rings. The fraction of sp³-hybridized carbons (Fsp3) is 0.571. The molecule has 5 heteroatoms. The summed E-state index contributed by atoms with van der Waals surface area (Å²) in [7, 11) is 0. The van der Waals surface area contributed by atoms with Crippen molar-refractivity contribution in [1.29, 1.82) is 0 Å². The third kappa shape index (κ3) is 3.64. The lowest BCUT2D eigenvalue weighted by molar-refractivity contribution is -0.0509. The number of nitrogens with one attached hydrogen (secondary N) is 1. The van der Waals surface area contributed by atoms with Crippen LogP contribution in [0, 0.1) is 12.3 Å². The molecule has 2 N–H and O–H groups in total. The number of hydrogen-bond acceptors (Lipinski definition) is 3. The van der Waals surface area contributed by atoms with Crippen LogP contribution in [0.15, 0.2) is 18.2 Å². The van der Waals surface area contributed by atoms with Gasteiger partial charge in [-0.15, -0.1) is 0 Å². The monoisotopic (exact) mass is 271 g/mol. The summed E-state index contributed by atoms with van der Waals surface area (Å²) in [4.78, 5) is 0. The summed E-state index contributed by atoms with van der Waals surface area (Å²) in [6, 6.07) is 5.34. The van der Waals surface area contributed by atoms with E-state index >= 15 is 0 Å². The highest BCUT2D eigenvalue weighted by Gasteiger charge is 2.41. The molecular formula is C14H19F2NO2. The minimum atomic E-state index is -2.81. The average Bonchev–Trinajstić information content (AvgIpc) is 3.13. The molecule has 0 saturated heterocycles. The summed E-state index contributed by atoms with van der Waals surface area (Å²) >= 11 is 0. The normalized spacial score (nSPS) is 16.7. The highest BCUT2D eigenvalue weighted by Crippen LogP contribution is 2.44. The molecule has 0 radical (unpaired) electrons. The van der Waals surface area contributed by atoms with Gasteiger partial charge < -0.3 is 15.2 Å². The van der Waals surface area contributed by atoms with E-state index in [4.69, 9.17) is 0 Å². The lowest BCUT2D eigenvalue weighted by Crippen LogP contribution is -2.26. The maximum atomic E-state index is 12.4. The van der Waals surface area contributed by atoms with Crippen molar-refractivity contribution in [1.82, 2.24) is 5.32 Å². The van der Waals surface area contributed by atoms with E-state index in [9.17, 15) is 13.9 Å². The number of benzene rings is 1. The molecule has 0 bridgehead atoms. The highest BCUT2D eigenvalue weighted by atomic mass is 19.3. The first kappa shape index (κ1) is 14.2. The molecular weight excluding hydrogens is 252 g/mol. The van der Waals surface area contributed by atoms with Gasteiger partial charge in [0.25, 0.3) is 0 Å². The fourth-order valence-corrected chi connectivity index (χ4v) is 2.14. The summed E-state index contributed by atoms with van der Waals surface area (Å²) in [5, 5.41) is 12.4. The van der Waals surface area contributed by atoms with E-state index in [1.54, 1.807) is 19.1 Å². The van der Waals surface area contributed by atoms with E-state index < -0.39 is 6.61 Å². The van der Waals surface area contributed by atoms with Crippen molar-refractivity contribution in [2.75, 3.05) is 13.2 Å². The van der Waals surface area contributed by atoms with Gasteiger partial charge in [-0.2, -0.15) is 8.78 Å². The van der Waals surface area contributed by atoms with Crippen molar-refractivity contribution >= 4 is 0 Å². The number of hydrogen-bond donors (Lipinski definition) is 2. The summed E-state index contributed by atoms with van der Waals surface area (Å²) in [6.07, 6.45) is 2.04. The van der Waals surface area contributed by atoms with E-state index in [-0.39, 0.29) is 17.8 Å². The number of aliphatic hydroxyl groups excluding tert-OH is 1. The molecule has 0 unspecified atom stereocenters. The molecule has 106 valence electrons. The minimum Gasteiger partial charge on any atom is -0.434 e. The third-order valence-electron chi connectivity index (χ3n) is 3.61. The van der Waals surface area contributed by atoms with E-state index in [2.05, 4.69) is 10.1 Å². The first-order valence-corrected chi connectivity index (χ1v) is 6.41. The van der Waals surface area contributed by atoms with Gasteiger partial charge in [0.2, 0.25) is 0 Å². The van der Waals surface area contributed by atoms with Crippen LogP contribution in [0.25, 0.3) is 0 Å². The van der Waals surface area contributed by atoms with Crippen LogP contribution in [0.2, 0.25) is 0 Å². The highest BCUT2D eigenvalue weighted by molar-refractivity contribution is 5.40. The summed E-state index contributed by atoms with van der Waals surface area (Å²) in [5.74, 6) is 0.249. The van der Waals surface area contributed by atoms with Gasteiger partial charge in [0.05, 0.1) is 0 Å². The van der Waals surface area contributed by atoms with Crippen LogP contribution in [0.1, 0.15) is 24.0 Å². The second-order valence-corrected chi connectivity index (χ2v) is 5.20. The maximum Gasteiger partial charge on any atom is 0.387 e. The summed E-state index contributed by atoms with van der Waals surface area (Å²) < 4.78 is 29.3. The smallest absolute Gasteiger partial charge is 0.387 e. The van der Waals surface area contributed by atoms with Gasteiger partial charge in [-0.3, -0.25) is 0 Å². The van der Waals surface area contributed by atoms with Gasteiger partial charge in [0.15, 0.2) is 0 Å². The first-order chi connectivity index (χ1) is 9.06. The second-order valence-electron chi connectivity index (χ2n) is 5.20. The van der Waals surface area contributed by atoms with Gasteiger partial charge in [-0.1, -0.05) is 18.2 Å². The molecule has 1 fully saturated rings. The summed E-state index contributed by atoms with van der Waals surface area (Å²) in [6.45, 7) is 0.273. The van der Waals surface area contributed by atoms with Crippen molar-refractivity contribution in [3.8, 4) is 5.75 Å². The van der Waals surface area contributed by atoms with Crippen molar-refractivity contribution in [2.45, 2.75) is 32.9 Å². The van der Waals surface area contributed by atoms with Crippen LogP contribution < -0.4 is 10.1 Å². The van der Waals surface area contributed by atoms with Crippen molar-refractivity contribution in [3.05, 3.63) is 29.3 Å². The Hall–Kier alpha value is -1.20. The van der Waals surface area contributed by atoms with Crippen LogP contribution in [-0.4, -0.2) is 24.9 Å². The molecule has 0 spiro atoms. The molecule has 0 aromatic heterocycles. The Morgan fingerprint density at radius 3 is 2.74 bits per heavy atom. The predicted octanol–water partition coefficient (Wildman–Crippen LogP) is 2.46. The maximum absolute atomic E-state index is 12.4. The van der Waals surface area contributed by atoms with Gasteiger partial charge in [0.1, 0.15) is 5.75 Å². The molecule has 0 aliphatic heterocycles. The molecule has 1 aliphatic carbocycles. The number of aryl methyl sites for hydroxylation is 1. The predicted molar refractivity (Wildman–Crippen MR) is 68.3 cm³/mol. The Balaban J connectivity index is 1.97. The van der Waals surface area contributed by atoms with Crippen LogP contribution in [0.3, 0.4) is 0 Å². The number of aliphatic hydroxyl groups is 1. The van der Waals surface area contributed by atoms with Gasteiger partial charge >= 0.3 is 6.61 Å². The molecule has 19 heavy (non-hydrogen) atoms. The Labute approximate surface area is 111 Å². The van der Waals surface area contributed by atoms with E-state index in [0.717, 1.165) is 12.8 Å². The Bertz CT molecular complexity index is 433. The SMILES string of the molecule is Cc1cccc(CNCC2(CO)CC2)c1OC(F)F. The Morgan fingerprint density at radius 2 is 2.16 bits per heavy atom. The van der Waals surface area contributed by atoms with Gasteiger partial charge in [-0.05, 0) is 25.3 Å². The zero-order valence-corrected chi connectivity index (χ0v) is 11.0. The number of halogens is 2. The molecule has 1 aliphatic rings. The Kier molecular flexibility index (Phi) is 4.37. The van der Waals surface area contributed by atoms with Crippen molar-refractivity contribution in [3.63, 3.8) is 0 Å². The van der Waals surface area contributed by atoms with Gasteiger partial charge in [-0.25, -0.2) is 0 Å². The summed E-state index contributed by atoms with van der Waals surface area (Å²) in [5.41, 5.74) is 1.42. The number of rotatable bonds is 7. The van der Waals surface area contributed by atoms with Crippen LogP contribution in [-0.2, 0) is 6.54 Å². The van der Waals surface area contributed by atoms with E-state index in [1.165, 1.54) is 0 Å². The molecule has 1 aromatic carbocycles. The van der Waals surface area contributed by atoms with Crippen LogP contribution in [0.5, 0.6) is 5.75 Å². The lowest BCUT2D eigenvalue weighted by Gasteiger charge is -2.16. The topological polar surface area (TPSA) is 41.5 Å². The van der Waals surface area contributed by atoms with Crippen molar-refractivity contribution in [2.24, 2.45) is 5.41 Å². The molecule has 2 rings (SSSR count). The fourth-order valence-electron chi connectivity index (χ4n) is 2.14. The van der Waals surface area contributed by atoms with E-state index in [0.29, 0.717) is 24.2 Å². The van der Waals surface area contributed by atoms with Crippen molar-refractivity contribution < 1.29 is 18.6 Å². The number of para-hydroxylation sites is 1. The lowest BCUT2D eigenvalue weighted by atomic mass is 10.1. The molecule has 0 amide bonds.